The topological polar surface area (TPSA) is 28.2 Å². The van der Waals surface area contributed by atoms with E-state index in [1.165, 1.54) is 15.3 Å². The molecule has 18 heavy (non-hydrogen) atoms. The number of nitrogens with one attached hydrogen (secondary N) is 1. The number of hydrogen-bond donors (Lipinski definition) is 1. The van der Waals surface area contributed by atoms with Crippen molar-refractivity contribution in [1.82, 2.24) is 4.98 Å². The first-order valence-electron chi connectivity index (χ1n) is 5.99. The van der Waals surface area contributed by atoms with Gasteiger partial charge in [-0.15, -0.1) is 11.3 Å². The van der Waals surface area contributed by atoms with Gasteiger partial charge in [0, 0.05) is 30.4 Å². The van der Waals surface area contributed by atoms with Crippen LogP contribution in [0.5, 0.6) is 0 Å². The summed E-state index contributed by atoms with van der Waals surface area (Å²) in [6.07, 6.45) is 1.88. The van der Waals surface area contributed by atoms with E-state index in [9.17, 15) is 0 Å². The van der Waals surface area contributed by atoms with Crippen LogP contribution >= 0.6 is 11.3 Å². The van der Waals surface area contributed by atoms with Crippen LogP contribution in [0.15, 0.2) is 24.4 Å². The van der Waals surface area contributed by atoms with E-state index in [0.29, 0.717) is 0 Å². The predicted octanol–water partition coefficient (Wildman–Crippen LogP) is 3.44. The molecular weight excluding hydrogens is 242 g/mol. The maximum absolute atomic E-state index is 4.38. The Labute approximate surface area is 112 Å². The number of pyridine rings is 1. The molecule has 0 spiro atoms. The van der Waals surface area contributed by atoms with E-state index < -0.39 is 0 Å². The van der Waals surface area contributed by atoms with Gasteiger partial charge in [-0.1, -0.05) is 0 Å². The van der Waals surface area contributed by atoms with Gasteiger partial charge < -0.3 is 10.2 Å². The first-order chi connectivity index (χ1) is 8.56. The minimum atomic E-state index is 0.860. The number of thiophene rings is 1. The third-order valence-corrected chi connectivity index (χ3v) is 3.84. The Balaban J connectivity index is 2.00. The fourth-order valence-electron chi connectivity index (χ4n) is 1.81. The van der Waals surface area contributed by atoms with Gasteiger partial charge in [-0.25, -0.2) is 4.98 Å². The number of rotatable bonds is 4. The van der Waals surface area contributed by atoms with Crippen molar-refractivity contribution in [3.63, 3.8) is 0 Å². The van der Waals surface area contributed by atoms with E-state index in [-0.39, 0.29) is 0 Å². The second-order valence-corrected chi connectivity index (χ2v) is 6.05. The molecule has 0 aliphatic carbocycles. The van der Waals surface area contributed by atoms with Crippen LogP contribution in [-0.4, -0.2) is 19.1 Å². The quantitative estimate of drug-likeness (QED) is 0.914. The minimum Gasteiger partial charge on any atom is -0.380 e. The van der Waals surface area contributed by atoms with Gasteiger partial charge in [-0.05, 0) is 37.6 Å². The second kappa shape index (κ2) is 5.40. The van der Waals surface area contributed by atoms with Crippen LogP contribution in [0.2, 0.25) is 0 Å². The molecule has 0 bridgehead atoms. The van der Waals surface area contributed by atoms with Crippen LogP contribution in [0.3, 0.4) is 0 Å². The molecule has 0 aliphatic heterocycles. The highest BCUT2D eigenvalue weighted by molar-refractivity contribution is 7.12. The van der Waals surface area contributed by atoms with Crippen LogP contribution in [0, 0.1) is 13.8 Å². The van der Waals surface area contributed by atoms with E-state index in [2.05, 4.69) is 36.3 Å². The van der Waals surface area contributed by atoms with Crippen molar-refractivity contribution in [2.24, 2.45) is 0 Å². The lowest BCUT2D eigenvalue weighted by molar-refractivity contribution is 1.06. The average molecular weight is 261 g/mol. The molecule has 0 saturated heterocycles. The van der Waals surface area contributed by atoms with Gasteiger partial charge in [0.15, 0.2) is 0 Å². The van der Waals surface area contributed by atoms with Crippen molar-refractivity contribution in [3.8, 4) is 0 Å². The van der Waals surface area contributed by atoms with Crippen molar-refractivity contribution in [3.05, 3.63) is 39.7 Å². The molecule has 4 heteroatoms. The van der Waals surface area contributed by atoms with Crippen LogP contribution in [0.1, 0.15) is 15.3 Å². The van der Waals surface area contributed by atoms with E-state index in [1.54, 1.807) is 0 Å². The number of aryl methyl sites for hydroxylation is 2. The molecule has 1 N–H and O–H groups in total. The summed E-state index contributed by atoms with van der Waals surface area (Å²) in [6.45, 7) is 5.18. The zero-order valence-corrected chi connectivity index (χ0v) is 12.1. The average Bonchev–Trinajstić information content (AvgIpc) is 2.66. The Hall–Kier alpha value is -1.55. The molecule has 2 rings (SSSR count). The van der Waals surface area contributed by atoms with Gasteiger partial charge in [-0.2, -0.15) is 0 Å². The molecular formula is C14H19N3S. The molecule has 2 heterocycles. The van der Waals surface area contributed by atoms with E-state index >= 15 is 0 Å². The van der Waals surface area contributed by atoms with Crippen LogP contribution in [0.25, 0.3) is 0 Å². The van der Waals surface area contributed by atoms with Crippen molar-refractivity contribution in [2.75, 3.05) is 24.3 Å². The van der Waals surface area contributed by atoms with Crippen LogP contribution in [-0.2, 0) is 6.54 Å². The fourth-order valence-corrected chi connectivity index (χ4v) is 2.76. The number of aromatic nitrogens is 1. The first kappa shape index (κ1) is 12.9. The summed E-state index contributed by atoms with van der Waals surface area (Å²) in [4.78, 5) is 9.13. The monoisotopic (exact) mass is 261 g/mol. The summed E-state index contributed by atoms with van der Waals surface area (Å²) >= 11 is 1.85. The molecule has 3 nitrogen and oxygen atoms in total. The van der Waals surface area contributed by atoms with E-state index in [1.807, 2.05) is 42.6 Å². The largest absolute Gasteiger partial charge is 0.380 e. The lowest BCUT2D eigenvalue weighted by Crippen LogP contribution is -2.10. The predicted molar refractivity (Wildman–Crippen MR) is 79.7 cm³/mol. The molecule has 96 valence electrons. The maximum Gasteiger partial charge on any atom is 0.128 e. The normalized spacial score (nSPS) is 10.4. The van der Waals surface area contributed by atoms with Gasteiger partial charge in [0.25, 0.3) is 0 Å². The molecule has 2 aromatic rings. The molecule has 0 aromatic carbocycles. The molecule has 0 atom stereocenters. The summed E-state index contributed by atoms with van der Waals surface area (Å²) in [6, 6.07) is 6.33. The Morgan fingerprint density at radius 2 is 2.06 bits per heavy atom. The van der Waals surface area contributed by atoms with Crippen molar-refractivity contribution in [1.29, 1.82) is 0 Å². The van der Waals surface area contributed by atoms with Gasteiger partial charge in [0.05, 0.1) is 11.9 Å². The second-order valence-electron chi connectivity index (χ2n) is 4.59. The summed E-state index contributed by atoms with van der Waals surface area (Å²) < 4.78 is 0. The van der Waals surface area contributed by atoms with Crippen molar-refractivity contribution in [2.45, 2.75) is 20.4 Å². The van der Waals surface area contributed by atoms with Crippen molar-refractivity contribution < 1.29 is 0 Å². The lowest BCUT2D eigenvalue weighted by Gasteiger charge is -2.12. The standard InChI is InChI=1S/C14H19N3S/c1-10-7-12(11(2)18-10)8-15-13-5-6-14(16-9-13)17(3)4/h5-7,9,15H,8H2,1-4H3. The molecule has 0 saturated carbocycles. The van der Waals surface area contributed by atoms with Gasteiger partial charge in [0.1, 0.15) is 5.82 Å². The maximum atomic E-state index is 4.38. The van der Waals surface area contributed by atoms with Crippen LogP contribution < -0.4 is 10.2 Å². The first-order valence-corrected chi connectivity index (χ1v) is 6.81. The lowest BCUT2D eigenvalue weighted by atomic mass is 10.2. The Morgan fingerprint density at radius 3 is 2.56 bits per heavy atom. The Kier molecular flexibility index (Phi) is 3.87. The SMILES string of the molecule is Cc1cc(CNc2ccc(N(C)C)nc2)c(C)s1. The highest BCUT2D eigenvalue weighted by atomic mass is 32.1. The summed E-state index contributed by atoms with van der Waals surface area (Å²) in [5, 5.41) is 3.41. The minimum absolute atomic E-state index is 0.860. The third kappa shape index (κ3) is 3.01. The van der Waals surface area contributed by atoms with Gasteiger partial charge >= 0.3 is 0 Å². The summed E-state index contributed by atoms with van der Waals surface area (Å²) in [7, 11) is 3.99. The van der Waals surface area contributed by atoms with E-state index in [0.717, 1.165) is 18.1 Å². The van der Waals surface area contributed by atoms with Crippen LogP contribution in [0.4, 0.5) is 11.5 Å². The third-order valence-electron chi connectivity index (χ3n) is 2.83. The number of anilines is 2. The van der Waals surface area contributed by atoms with Gasteiger partial charge in [0.2, 0.25) is 0 Å². The number of hydrogen-bond acceptors (Lipinski definition) is 4. The zero-order valence-electron chi connectivity index (χ0n) is 11.3. The van der Waals surface area contributed by atoms with Gasteiger partial charge in [-0.3, -0.25) is 0 Å². The zero-order chi connectivity index (χ0) is 13.1. The Morgan fingerprint density at radius 1 is 1.28 bits per heavy atom. The molecule has 0 fully saturated rings. The molecule has 0 radical (unpaired) electrons. The summed E-state index contributed by atoms with van der Waals surface area (Å²) in [5.41, 5.74) is 2.43. The molecule has 0 aliphatic rings. The van der Waals surface area contributed by atoms with Crippen molar-refractivity contribution >= 4 is 22.8 Å². The Bertz CT molecular complexity index is 514. The molecule has 0 unspecified atom stereocenters. The highest BCUT2D eigenvalue weighted by Gasteiger charge is 2.03. The molecule has 0 amide bonds. The smallest absolute Gasteiger partial charge is 0.128 e. The number of nitrogens with zero attached hydrogens (tertiary/aromatic N) is 2. The summed E-state index contributed by atoms with van der Waals surface area (Å²) in [5.74, 6) is 0.975. The van der Waals surface area contributed by atoms with E-state index in [4.69, 9.17) is 0 Å². The highest BCUT2D eigenvalue weighted by Crippen LogP contribution is 2.21. The molecule has 2 aromatic heterocycles. The fraction of sp³-hybridized carbons (Fsp3) is 0.357.